The molecule has 0 amide bonds. The van der Waals surface area contributed by atoms with Crippen molar-refractivity contribution in [3.63, 3.8) is 0 Å². The van der Waals surface area contributed by atoms with Crippen LogP contribution in [0.4, 0.5) is 5.82 Å². The van der Waals surface area contributed by atoms with Gasteiger partial charge in [0, 0.05) is 25.5 Å². The average molecular weight is 453 g/mol. The fourth-order valence-electron chi connectivity index (χ4n) is 3.23. The zero-order valence-electron chi connectivity index (χ0n) is 18.7. The third-order valence-electron chi connectivity index (χ3n) is 4.72. The fraction of sp³-hybridized carbons (Fsp3) is 0.667. The Bertz CT molecular complexity index is 856. The van der Waals surface area contributed by atoms with Crippen molar-refractivity contribution in [3.8, 4) is 0 Å². The number of nitrogens with zero attached hydrogens (tertiary/aromatic N) is 2. The van der Waals surface area contributed by atoms with Crippen LogP contribution in [0, 0.1) is 0 Å². The van der Waals surface area contributed by atoms with Crippen LogP contribution in [0.2, 0.25) is 0 Å². The largest absolute Gasteiger partial charge is 0.463 e. The van der Waals surface area contributed by atoms with Crippen LogP contribution in [0.1, 0.15) is 65.5 Å². The molecule has 0 radical (unpaired) electrons. The first-order valence-corrected chi connectivity index (χ1v) is 10.8. The second kappa shape index (κ2) is 12.2. The smallest absolute Gasteiger partial charge is 0.351 e. The Balaban J connectivity index is 2.38. The third-order valence-corrected chi connectivity index (χ3v) is 4.72. The zero-order chi connectivity index (χ0) is 23.7. The van der Waals surface area contributed by atoms with E-state index in [1.165, 1.54) is 12.3 Å². The summed E-state index contributed by atoms with van der Waals surface area (Å²) in [5.74, 6) is -1.49. The minimum absolute atomic E-state index is 0.0137. The maximum absolute atomic E-state index is 12.4. The van der Waals surface area contributed by atoms with Gasteiger partial charge in [-0.05, 0) is 25.3 Å². The first kappa shape index (κ1) is 25.3. The highest BCUT2D eigenvalue weighted by Gasteiger charge is 2.51. The first-order chi connectivity index (χ1) is 15.3. The molecule has 0 unspecified atom stereocenters. The van der Waals surface area contributed by atoms with Gasteiger partial charge >= 0.3 is 23.6 Å². The van der Waals surface area contributed by atoms with Gasteiger partial charge < -0.3 is 24.7 Å². The number of esters is 3. The lowest BCUT2D eigenvalue weighted by atomic mass is 10.1. The van der Waals surface area contributed by atoms with E-state index >= 15 is 0 Å². The number of rotatable bonds is 11. The Morgan fingerprint density at radius 1 is 1.00 bits per heavy atom. The van der Waals surface area contributed by atoms with Crippen LogP contribution in [-0.4, -0.2) is 52.4 Å². The van der Waals surface area contributed by atoms with Gasteiger partial charge in [0.25, 0.3) is 0 Å². The van der Waals surface area contributed by atoms with Crippen LogP contribution < -0.4 is 11.4 Å². The van der Waals surface area contributed by atoms with Gasteiger partial charge in [-0.25, -0.2) is 4.79 Å². The summed E-state index contributed by atoms with van der Waals surface area (Å²) in [4.78, 5) is 52.6. The van der Waals surface area contributed by atoms with E-state index in [2.05, 4.69) is 4.98 Å². The van der Waals surface area contributed by atoms with E-state index in [0.717, 1.165) is 4.57 Å². The van der Waals surface area contributed by atoms with Crippen LogP contribution in [0.5, 0.6) is 0 Å². The van der Waals surface area contributed by atoms with Crippen molar-refractivity contribution in [3.05, 3.63) is 22.7 Å². The Hall–Kier alpha value is -2.95. The maximum Gasteiger partial charge on any atom is 0.351 e. The quantitative estimate of drug-likeness (QED) is 0.386. The number of carbonyl (C=O) groups excluding carboxylic acids is 3. The minimum atomic E-state index is -1.15. The summed E-state index contributed by atoms with van der Waals surface area (Å²) in [6.07, 6.45) is -0.799. The van der Waals surface area contributed by atoms with Gasteiger partial charge in [0.1, 0.15) is 18.5 Å². The van der Waals surface area contributed by atoms with Gasteiger partial charge in [0.15, 0.2) is 18.4 Å². The number of carbonyl (C=O) groups is 3. The first-order valence-electron chi connectivity index (χ1n) is 10.8. The van der Waals surface area contributed by atoms with Gasteiger partial charge in [-0.3, -0.25) is 19.0 Å². The molecular weight excluding hydrogens is 422 g/mol. The molecule has 0 bridgehead atoms. The zero-order valence-corrected chi connectivity index (χ0v) is 18.7. The molecule has 2 N–H and O–H groups in total. The van der Waals surface area contributed by atoms with E-state index in [1.807, 2.05) is 20.8 Å². The van der Waals surface area contributed by atoms with Crippen LogP contribution in [-0.2, 0) is 33.3 Å². The maximum atomic E-state index is 12.4. The van der Waals surface area contributed by atoms with Gasteiger partial charge in [-0.15, -0.1) is 0 Å². The molecule has 4 atom stereocenters. The molecule has 1 aliphatic rings. The van der Waals surface area contributed by atoms with Crippen molar-refractivity contribution < 1.29 is 33.3 Å². The fourth-order valence-corrected chi connectivity index (χ4v) is 3.23. The van der Waals surface area contributed by atoms with Crippen molar-refractivity contribution in [1.29, 1.82) is 0 Å². The topological polar surface area (TPSA) is 149 Å². The summed E-state index contributed by atoms with van der Waals surface area (Å²) in [6, 6.07) is 1.39. The van der Waals surface area contributed by atoms with Crippen molar-refractivity contribution in [2.45, 2.75) is 83.8 Å². The molecule has 2 heterocycles. The third kappa shape index (κ3) is 6.78. The molecule has 0 aliphatic carbocycles. The molecule has 11 heteroatoms. The van der Waals surface area contributed by atoms with Gasteiger partial charge in [-0.1, -0.05) is 20.8 Å². The SMILES string of the molecule is CCCC(=O)OC[C@@H]1O[C@@H](n2ccc(N)nc2=O)[C@@H](OC(=O)CCC)[C@H]1OC(=O)CCC. The van der Waals surface area contributed by atoms with E-state index in [1.54, 1.807) is 0 Å². The number of aromatic nitrogens is 2. The summed E-state index contributed by atoms with van der Waals surface area (Å²) < 4.78 is 23.4. The highest BCUT2D eigenvalue weighted by molar-refractivity contribution is 5.71. The second-order valence-corrected chi connectivity index (χ2v) is 7.45. The Morgan fingerprint density at radius 2 is 1.56 bits per heavy atom. The van der Waals surface area contributed by atoms with E-state index in [0.29, 0.717) is 19.3 Å². The van der Waals surface area contributed by atoms with Crippen LogP contribution in [0.25, 0.3) is 0 Å². The van der Waals surface area contributed by atoms with Gasteiger partial charge in [-0.2, -0.15) is 4.98 Å². The molecule has 2 rings (SSSR count). The monoisotopic (exact) mass is 453 g/mol. The summed E-state index contributed by atoms with van der Waals surface area (Å²) in [5, 5.41) is 0. The molecule has 178 valence electrons. The van der Waals surface area contributed by atoms with Crippen molar-refractivity contribution in [1.82, 2.24) is 9.55 Å². The minimum Gasteiger partial charge on any atom is -0.463 e. The molecule has 1 fully saturated rings. The molecule has 1 aromatic rings. The van der Waals surface area contributed by atoms with Gasteiger partial charge in [0.2, 0.25) is 0 Å². The summed E-state index contributed by atoms with van der Waals surface area (Å²) in [5.41, 5.74) is 4.84. The van der Waals surface area contributed by atoms with Crippen molar-refractivity contribution in [2.75, 3.05) is 12.3 Å². The molecule has 11 nitrogen and oxygen atoms in total. The number of anilines is 1. The van der Waals surface area contributed by atoms with E-state index < -0.39 is 48.1 Å². The molecule has 0 saturated carbocycles. The number of hydrogen-bond donors (Lipinski definition) is 1. The van der Waals surface area contributed by atoms with Gasteiger partial charge in [0.05, 0.1) is 0 Å². The Kier molecular flexibility index (Phi) is 9.63. The number of nitrogen functional groups attached to an aromatic ring is 1. The average Bonchev–Trinajstić information content (AvgIpc) is 3.04. The second-order valence-electron chi connectivity index (χ2n) is 7.45. The number of nitrogens with two attached hydrogens (primary N) is 1. The van der Waals surface area contributed by atoms with E-state index in [4.69, 9.17) is 24.7 Å². The highest BCUT2D eigenvalue weighted by Crippen LogP contribution is 2.34. The summed E-state index contributed by atoms with van der Waals surface area (Å²) in [7, 11) is 0. The molecule has 1 aromatic heterocycles. The predicted molar refractivity (Wildman–Crippen MR) is 112 cm³/mol. The molecule has 0 spiro atoms. The normalized spacial score (nSPS) is 22.3. The standard InChI is InChI=1S/C21H31N3O8/c1-4-7-15(25)29-12-13-18(31-16(26)8-5-2)19(32-17(27)9-6-3)20(30-13)24-11-10-14(22)23-21(24)28/h10-11,13,18-20H,4-9,12H2,1-3H3,(H2,22,23,28)/t13-,18-,19-,20+/m0/s1. The molecule has 32 heavy (non-hydrogen) atoms. The number of hydrogen-bond acceptors (Lipinski definition) is 10. The summed E-state index contributed by atoms with van der Waals surface area (Å²) >= 11 is 0. The molecule has 1 saturated heterocycles. The lowest BCUT2D eigenvalue weighted by molar-refractivity contribution is -0.169. The lowest BCUT2D eigenvalue weighted by Crippen LogP contribution is -2.42. The van der Waals surface area contributed by atoms with Crippen LogP contribution in [0.15, 0.2) is 17.1 Å². The molecule has 0 aromatic carbocycles. The lowest BCUT2D eigenvalue weighted by Gasteiger charge is -2.24. The molecule has 1 aliphatic heterocycles. The predicted octanol–water partition coefficient (Wildman–Crippen LogP) is 1.49. The molecular formula is C21H31N3O8. The highest BCUT2D eigenvalue weighted by atomic mass is 16.7. The summed E-state index contributed by atoms with van der Waals surface area (Å²) in [6.45, 7) is 5.23. The Labute approximate surface area is 186 Å². The van der Waals surface area contributed by atoms with E-state index in [-0.39, 0.29) is 31.7 Å². The van der Waals surface area contributed by atoms with E-state index in [9.17, 15) is 19.2 Å². The van der Waals surface area contributed by atoms with Crippen LogP contribution >= 0.6 is 0 Å². The Morgan fingerprint density at radius 3 is 2.12 bits per heavy atom. The number of ether oxygens (including phenoxy) is 4. The van der Waals surface area contributed by atoms with Crippen LogP contribution in [0.3, 0.4) is 0 Å². The van der Waals surface area contributed by atoms with Crippen molar-refractivity contribution >= 4 is 23.7 Å². The van der Waals surface area contributed by atoms with Crippen molar-refractivity contribution in [2.24, 2.45) is 0 Å².